The van der Waals surface area contributed by atoms with Crippen LogP contribution < -0.4 is 0 Å². The fourth-order valence-electron chi connectivity index (χ4n) is 7.03. The molecule has 0 spiro atoms. The van der Waals surface area contributed by atoms with Gasteiger partial charge in [0.05, 0.1) is 20.5 Å². The highest BCUT2D eigenvalue weighted by atomic mass is 35.5. The third kappa shape index (κ3) is 6.53. The predicted molar refractivity (Wildman–Crippen MR) is 169 cm³/mol. The molecule has 2 N–H and O–H groups in total. The van der Waals surface area contributed by atoms with Gasteiger partial charge in [0.1, 0.15) is 5.78 Å². The summed E-state index contributed by atoms with van der Waals surface area (Å²) in [5, 5.41) is 10.2. The molecule has 2 aromatic rings. The third-order valence-corrected chi connectivity index (χ3v) is 11.8. The SMILES string of the molecule is CC1(C)C2CCC1(CS(=O)(=O)O)C(=O)C2.[2H]C([2H])(O)C([2H])([2H])N1CCN(CC/C=C2\c3ccccc3Sc3ccc(Cl)cc32)CC1. The largest absolute Gasteiger partial charge is 0.395 e. The van der Waals surface area contributed by atoms with Crippen LogP contribution in [0.2, 0.25) is 5.02 Å². The molecule has 10 heteroatoms. The van der Waals surface area contributed by atoms with E-state index in [1.807, 2.05) is 26.0 Å². The van der Waals surface area contributed by atoms with E-state index < -0.39 is 34.3 Å². The van der Waals surface area contributed by atoms with Crippen molar-refractivity contribution < 1.29 is 28.4 Å². The maximum Gasteiger partial charge on any atom is 0.265 e. The average Bonchev–Trinajstić information content (AvgIpc) is 3.30. The number of nitrogens with zero attached hydrogens (tertiary/aromatic N) is 2. The van der Waals surface area contributed by atoms with E-state index in [2.05, 4.69) is 41.3 Å². The molecule has 7 nitrogen and oxygen atoms in total. The van der Waals surface area contributed by atoms with Crippen molar-refractivity contribution in [3.8, 4) is 0 Å². The van der Waals surface area contributed by atoms with Gasteiger partial charge in [0, 0.05) is 63.2 Å². The number of carbonyl (C=O) groups is 1. The van der Waals surface area contributed by atoms with Crippen molar-refractivity contribution in [1.82, 2.24) is 9.80 Å². The van der Waals surface area contributed by atoms with Crippen LogP contribution in [0, 0.1) is 16.7 Å². The summed E-state index contributed by atoms with van der Waals surface area (Å²) in [7, 11) is -4.08. The highest BCUT2D eigenvalue weighted by molar-refractivity contribution is 7.99. The van der Waals surface area contributed by atoms with Gasteiger partial charge < -0.3 is 10.0 Å². The van der Waals surface area contributed by atoms with Crippen LogP contribution in [0.3, 0.4) is 0 Å². The van der Waals surface area contributed by atoms with Crippen molar-refractivity contribution in [2.24, 2.45) is 16.7 Å². The second-order valence-electron chi connectivity index (χ2n) is 12.1. The second kappa shape index (κ2) is 12.7. The molecule has 4 aliphatic rings. The Morgan fingerprint density at radius 3 is 2.43 bits per heavy atom. The zero-order valence-corrected chi connectivity index (χ0v) is 26.4. The van der Waals surface area contributed by atoms with E-state index in [1.54, 1.807) is 11.8 Å². The molecule has 3 fully saturated rings. The lowest BCUT2D eigenvalue weighted by Crippen LogP contribution is -2.47. The van der Waals surface area contributed by atoms with E-state index in [0.29, 0.717) is 39.0 Å². The molecule has 228 valence electrons. The van der Waals surface area contributed by atoms with Crippen LogP contribution in [0.4, 0.5) is 0 Å². The van der Waals surface area contributed by atoms with Crippen LogP contribution in [0.5, 0.6) is 0 Å². The molecule has 2 aliphatic heterocycles. The van der Waals surface area contributed by atoms with E-state index in [-0.39, 0.29) is 17.1 Å². The van der Waals surface area contributed by atoms with Gasteiger partial charge in [-0.3, -0.25) is 14.2 Å². The van der Waals surface area contributed by atoms with Crippen molar-refractivity contribution in [2.75, 3.05) is 51.5 Å². The Morgan fingerprint density at radius 2 is 1.79 bits per heavy atom. The van der Waals surface area contributed by atoms with E-state index in [4.69, 9.17) is 21.6 Å². The summed E-state index contributed by atoms with van der Waals surface area (Å²) in [6.07, 6.45) is 5.07. The zero-order chi connectivity index (χ0) is 33.7. The summed E-state index contributed by atoms with van der Waals surface area (Å²) in [6, 6.07) is 14.4. The molecule has 2 saturated carbocycles. The van der Waals surface area contributed by atoms with E-state index in [1.165, 1.54) is 25.8 Å². The normalized spacial score (nSPS) is 28.2. The number of benzene rings is 2. The molecule has 2 unspecified atom stereocenters. The molecule has 6 rings (SSSR count). The molecule has 2 aromatic carbocycles. The van der Waals surface area contributed by atoms with Crippen LogP contribution in [-0.2, 0) is 14.9 Å². The minimum absolute atomic E-state index is 0.0152. The van der Waals surface area contributed by atoms with Gasteiger partial charge in [-0.2, -0.15) is 8.42 Å². The van der Waals surface area contributed by atoms with Gasteiger partial charge >= 0.3 is 0 Å². The summed E-state index contributed by atoms with van der Waals surface area (Å²) < 4.78 is 61.5. The molecule has 42 heavy (non-hydrogen) atoms. The quantitative estimate of drug-likeness (QED) is 0.328. The van der Waals surface area contributed by atoms with Crippen molar-refractivity contribution in [3.05, 3.63) is 64.7 Å². The fourth-order valence-corrected chi connectivity index (χ4v) is 9.59. The molecule has 0 aromatic heterocycles. The van der Waals surface area contributed by atoms with Crippen LogP contribution in [0.1, 0.15) is 56.1 Å². The average molecular weight is 637 g/mol. The molecule has 0 amide bonds. The van der Waals surface area contributed by atoms with Crippen LogP contribution >= 0.6 is 23.4 Å². The lowest BCUT2D eigenvalue weighted by Gasteiger charge is -2.35. The van der Waals surface area contributed by atoms with Gasteiger partial charge in [-0.25, -0.2) is 0 Å². The van der Waals surface area contributed by atoms with Crippen LogP contribution in [0.15, 0.2) is 58.3 Å². The van der Waals surface area contributed by atoms with Crippen molar-refractivity contribution in [3.63, 3.8) is 0 Å². The summed E-state index contributed by atoms with van der Waals surface area (Å²) >= 11 is 8.04. The Labute approximate surface area is 264 Å². The Bertz CT molecular complexity index is 1620. The minimum atomic E-state index is -4.08. The Morgan fingerprint density at radius 1 is 1.10 bits per heavy atom. The number of hydrogen-bond acceptors (Lipinski definition) is 7. The monoisotopic (exact) mass is 636 g/mol. The second-order valence-corrected chi connectivity index (χ2v) is 15.1. The number of fused-ring (bicyclic) bond motifs is 4. The first-order chi connectivity index (χ1) is 21.4. The van der Waals surface area contributed by atoms with Crippen LogP contribution in [0.25, 0.3) is 5.57 Å². The standard InChI is InChI=1S/C22H25ClN2OS.C10H16O4S/c23-17-7-8-22-20(16-17)18(19-4-1-2-6-21(19)27-22)5-3-9-24-10-12-25(13-11-24)14-15-26;1-9(2)7-3-4-10(9,8(11)5-7)6-15(12,13)14/h1-2,4-8,16,26H,3,9-15H2;7H,3-6H2,1-2H3,(H,12,13,14)/b18-5+;/i14D2,15D2;. The Balaban J connectivity index is 0.000000232. The molecule has 2 heterocycles. The topological polar surface area (TPSA) is 98.1 Å². The first-order valence-corrected chi connectivity index (χ1v) is 17.1. The van der Waals surface area contributed by atoms with Gasteiger partial charge in [0.2, 0.25) is 0 Å². The zero-order valence-electron chi connectivity index (χ0n) is 28.0. The molecular weight excluding hydrogens is 592 g/mol. The summed E-state index contributed by atoms with van der Waals surface area (Å²) in [6.45, 7) is 1.46. The van der Waals surface area contributed by atoms with E-state index in [9.17, 15) is 18.3 Å². The number of rotatable bonds is 7. The Kier molecular flexibility index (Phi) is 8.07. The van der Waals surface area contributed by atoms with E-state index >= 15 is 0 Å². The lowest BCUT2D eigenvalue weighted by molar-refractivity contribution is -0.128. The highest BCUT2D eigenvalue weighted by Gasteiger charge is 2.65. The molecular formula is C32H41ClN2O5S2. The maximum absolute atomic E-state index is 11.9. The Hall–Kier alpha value is -1.72. The van der Waals surface area contributed by atoms with Crippen molar-refractivity contribution in [2.45, 2.75) is 49.3 Å². The van der Waals surface area contributed by atoms with Gasteiger partial charge in [-0.05, 0) is 71.6 Å². The smallest absolute Gasteiger partial charge is 0.265 e. The summed E-state index contributed by atoms with van der Waals surface area (Å²) in [5.41, 5.74) is 2.44. The number of ketones is 1. The van der Waals surface area contributed by atoms with Gasteiger partial charge in [-0.1, -0.05) is 61.5 Å². The van der Waals surface area contributed by atoms with E-state index in [0.717, 1.165) is 30.0 Å². The van der Waals surface area contributed by atoms with Gasteiger partial charge in [-0.15, -0.1) is 0 Å². The molecule has 2 aliphatic carbocycles. The van der Waals surface area contributed by atoms with Crippen molar-refractivity contribution in [1.29, 1.82) is 0 Å². The molecule has 1 saturated heterocycles. The number of piperazine rings is 1. The van der Waals surface area contributed by atoms with Gasteiger partial charge in [0.25, 0.3) is 10.1 Å². The highest BCUT2D eigenvalue weighted by Crippen LogP contribution is 2.64. The maximum atomic E-state index is 11.9. The number of β-amino-alcohol motifs (C(OH)–C–C–N with tert-alkyl or cyclic N) is 1. The number of hydrogen-bond donors (Lipinski definition) is 2. The van der Waals surface area contributed by atoms with Crippen LogP contribution in [-0.4, -0.2) is 85.2 Å². The molecule has 0 radical (unpaired) electrons. The third-order valence-electron chi connectivity index (χ3n) is 9.57. The minimum Gasteiger partial charge on any atom is -0.395 e. The fraction of sp³-hybridized carbons (Fsp3) is 0.531. The number of aliphatic hydroxyl groups is 1. The lowest BCUT2D eigenvalue weighted by atomic mass is 9.70. The van der Waals surface area contributed by atoms with Crippen molar-refractivity contribution >= 4 is 44.8 Å². The summed E-state index contributed by atoms with van der Waals surface area (Å²) in [5.74, 6) is -0.101. The summed E-state index contributed by atoms with van der Waals surface area (Å²) in [4.78, 5) is 17.9. The van der Waals surface area contributed by atoms with Gasteiger partial charge in [0.15, 0.2) is 0 Å². The first-order valence-electron chi connectivity index (χ1n) is 16.3. The number of halogens is 1. The predicted octanol–water partition coefficient (Wildman–Crippen LogP) is 5.51. The number of Topliss-reactive ketones (excluding diaryl/α,β-unsaturated/α-hetero) is 1. The number of carbonyl (C=O) groups excluding carboxylic acids is 1. The first kappa shape index (κ1) is 26.7. The molecule has 2 atom stereocenters. The molecule has 2 bridgehead atoms.